The van der Waals surface area contributed by atoms with Gasteiger partial charge in [0.25, 0.3) is 0 Å². The maximum atomic E-state index is 10.0. The maximum Gasteiger partial charge on any atom is 2.00 e. The Morgan fingerprint density at radius 1 is 0.586 bits per heavy atom. The summed E-state index contributed by atoms with van der Waals surface area (Å²) in [7, 11) is 0. The quantitative estimate of drug-likeness (QED) is 0.295. The largest absolute Gasteiger partial charge is 2.00 e. The Bertz CT molecular complexity index is 917. The smallest absolute Gasteiger partial charge is 0.507 e. The molecule has 0 bridgehead atoms. The third-order valence-electron chi connectivity index (χ3n) is 4.05. The minimum Gasteiger partial charge on any atom is -0.507 e. The summed E-state index contributed by atoms with van der Waals surface area (Å²) in [6, 6.07) is 21.8. The van der Waals surface area contributed by atoms with Crippen LogP contribution in [-0.2, 0) is 21.7 Å². The number of hydrogen-bond acceptors (Lipinski definition) is 4. The Kier molecular flexibility index (Phi) is 10.9. The SMILES string of the molecule is CC(=Nc1ccccc1N=C(C)c1ccccc1O)c1ccccc1O.[CH3-].[CH3-].[Ti+2]. The normalized spacial score (nSPS) is 11.0. The molecule has 0 aromatic heterocycles. The van der Waals surface area contributed by atoms with Gasteiger partial charge in [0.15, 0.2) is 0 Å². The minimum atomic E-state index is 0. The zero-order valence-electron chi connectivity index (χ0n) is 17.2. The topological polar surface area (TPSA) is 65.2 Å². The Morgan fingerprint density at radius 2 is 0.897 bits per heavy atom. The van der Waals surface area contributed by atoms with Gasteiger partial charge < -0.3 is 25.1 Å². The molecule has 0 aliphatic heterocycles. The van der Waals surface area contributed by atoms with Crippen LogP contribution in [0.5, 0.6) is 11.5 Å². The number of hydrogen-bond donors (Lipinski definition) is 2. The van der Waals surface area contributed by atoms with E-state index in [1.807, 2.05) is 62.4 Å². The van der Waals surface area contributed by atoms with Gasteiger partial charge in [0.2, 0.25) is 0 Å². The predicted octanol–water partition coefficient (Wildman–Crippen LogP) is 6.28. The van der Waals surface area contributed by atoms with Gasteiger partial charge in [0.1, 0.15) is 11.5 Å². The van der Waals surface area contributed by atoms with E-state index in [0.717, 1.165) is 0 Å². The molecular weight excluding hydrogens is 396 g/mol. The van der Waals surface area contributed by atoms with Crippen LogP contribution >= 0.6 is 0 Å². The third kappa shape index (κ3) is 6.41. The molecule has 29 heavy (non-hydrogen) atoms. The molecule has 0 heterocycles. The number of nitrogens with zero attached hydrogens (tertiary/aromatic N) is 2. The van der Waals surface area contributed by atoms with Crippen molar-refractivity contribution >= 4 is 22.8 Å². The minimum absolute atomic E-state index is 0. The number of aromatic hydroxyl groups is 2. The van der Waals surface area contributed by atoms with Crippen molar-refractivity contribution in [3.63, 3.8) is 0 Å². The molecule has 0 aliphatic carbocycles. The van der Waals surface area contributed by atoms with Gasteiger partial charge in [-0.1, -0.05) is 36.4 Å². The summed E-state index contributed by atoms with van der Waals surface area (Å²) in [4.78, 5) is 9.29. The van der Waals surface area contributed by atoms with E-state index in [-0.39, 0.29) is 48.1 Å². The second-order valence-corrected chi connectivity index (χ2v) is 5.92. The van der Waals surface area contributed by atoms with Crippen molar-refractivity contribution in [3.05, 3.63) is 98.8 Å². The molecule has 3 aromatic carbocycles. The second kappa shape index (κ2) is 12.0. The van der Waals surface area contributed by atoms with E-state index in [0.29, 0.717) is 33.9 Å². The number of aliphatic imine (C=N–C) groups is 2. The summed E-state index contributed by atoms with van der Waals surface area (Å²) in [5, 5.41) is 20.0. The summed E-state index contributed by atoms with van der Waals surface area (Å²) in [5.74, 6) is 0.389. The molecule has 0 aliphatic rings. The first-order valence-electron chi connectivity index (χ1n) is 8.32. The molecule has 0 saturated heterocycles. The Hall–Kier alpha value is -2.69. The summed E-state index contributed by atoms with van der Waals surface area (Å²) >= 11 is 0. The molecule has 0 saturated carbocycles. The van der Waals surface area contributed by atoms with Crippen LogP contribution in [0.4, 0.5) is 11.4 Å². The molecule has 0 radical (unpaired) electrons. The van der Waals surface area contributed by atoms with Gasteiger partial charge in [0, 0.05) is 22.6 Å². The fourth-order valence-corrected chi connectivity index (χ4v) is 2.69. The molecule has 3 rings (SSSR count). The van der Waals surface area contributed by atoms with Crippen LogP contribution in [0.25, 0.3) is 0 Å². The van der Waals surface area contributed by atoms with Gasteiger partial charge >= 0.3 is 21.7 Å². The second-order valence-electron chi connectivity index (χ2n) is 5.92. The molecule has 0 atom stereocenters. The molecular formula is C24H26N2O2Ti. The zero-order chi connectivity index (χ0) is 18.5. The molecule has 0 unspecified atom stereocenters. The van der Waals surface area contributed by atoms with Crippen LogP contribution in [-0.4, -0.2) is 21.6 Å². The van der Waals surface area contributed by atoms with Crippen molar-refractivity contribution in [1.82, 2.24) is 0 Å². The zero-order valence-corrected chi connectivity index (χ0v) is 18.8. The monoisotopic (exact) mass is 422 g/mol. The van der Waals surface area contributed by atoms with Crippen molar-refractivity contribution in [1.29, 1.82) is 0 Å². The van der Waals surface area contributed by atoms with Crippen LogP contribution in [0.15, 0.2) is 82.8 Å². The van der Waals surface area contributed by atoms with Crippen molar-refractivity contribution < 1.29 is 31.9 Å². The van der Waals surface area contributed by atoms with Gasteiger partial charge in [-0.2, -0.15) is 0 Å². The molecule has 5 heteroatoms. The fraction of sp³-hybridized carbons (Fsp3) is 0.0833. The Labute approximate surface area is 188 Å². The van der Waals surface area contributed by atoms with Crippen molar-refractivity contribution in [3.8, 4) is 11.5 Å². The number of phenolic OH excluding ortho intramolecular Hbond substituents is 2. The van der Waals surface area contributed by atoms with Crippen molar-refractivity contribution in [2.75, 3.05) is 0 Å². The first kappa shape index (κ1) is 26.3. The first-order chi connectivity index (χ1) is 12.6. The standard InChI is InChI=1S/C22H20N2O2.2CH3.Ti/c1-15(17-9-3-7-13-21(17)25)23-19-11-5-6-12-20(19)24-16(2)18-10-4-8-14-22(18)26;;;/h3-14,25-26H,1-2H3;2*1H3;/q;2*-1;+2. The van der Waals surface area contributed by atoms with E-state index in [2.05, 4.69) is 9.98 Å². The van der Waals surface area contributed by atoms with E-state index in [1.54, 1.807) is 24.3 Å². The molecule has 4 nitrogen and oxygen atoms in total. The van der Waals surface area contributed by atoms with E-state index in [4.69, 9.17) is 0 Å². The van der Waals surface area contributed by atoms with Gasteiger partial charge in [0.05, 0.1) is 11.4 Å². The molecule has 3 aromatic rings. The average Bonchev–Trinajstić information content (AvgIpc) is 2.64. The molecule has 0 amide bonds. The van der Waals surface area contributed by atoms with E-state index < -0.39 is 0 Å². The summed E-state index contributed by atoms with van der Waals surface area (Å²) in [6.45, 7) is 3.71. The summed E-state index contributed by atoms with van der Waals surface area (Å²) < 4.78 is 0. The summed E-state index contributed by atoms with van der Waals surface area (Å²) in [5.41, 5.74) is 4.16. The predicted molar refractivity (Wildman–Crippen MR) is 119 cm³/mol. The van der Waals surface area contributed by atoms with Crippen LogP contribution in [0, 0.1) is 14.9 Å². The molecule has 148 valence electrons. The van der Waals surface area contributed by atoms with Gasteiger partial charge in [-0.05, 0) is 50.2 Å². The number of phenols is 2. The fourth-order valence-electron chi connectivity index (χ4n) is 2.69. The Balaban J connectivity index is 0.00000261. The Morgan fingerprint density at radius 3 is 1.24 bits per heavy atom. The van der Waals surface area contributed by atoms with Crippen LogP contribution in [0.2, 0.25) is 0 Å². The average molecular weight is 422 g/mol. The number of rotatable bonds is 4. The van der Waals surface area contributed by atoms with Gasteiger partial charge in [-0.25, -0.2) is 0 Å². The number of para-hydroxylation sites is 4. The van der Waals surface area contributed by atoms with Crippen molar-refractivity contribution in [2.45, 2.75) is 13.8 Å². The molecule has 0 fully saturated rings. The number of benzene rings is 3. The van der Waals surface area contributed by atoms with Crippen LogP contribution in [0.3, 0.4) is 0 Å². The molecule has 0 spiro atoms. The maximum absolute atomic E-state index is 10.0. The third-order valence-corrected chi connectivity index (χ3v) is 4.05. The van der Waals surface area contributed by atoms with Crippen molar-refractivity contribution in [2.24, 2.45) is 9.98 Å². The van der Waals surface area contributed by atoms with E-state index >= 15 is 0 Å². The van der Waals surface area contributed by atoms with E-state index in [1.165, 1.54) is 0 Å². The van der Waals surface area contributed by atoms with Crippen LogP contribution < -0.4 is 0 Å². The first-order valence-corrected chi connectivity index (χ1v) is 8.32. The molecule has 2 N–H and O–H groups in total. The van der Waals surface area contributed by atoms with E-state index in [9.17, 15) is 10.2 Å². The van der Waals surface area contributed by atoms with Gasteiger partial charge in [-0.3, -0.25) is 9.98 Å². The van der Waals surface area contributed by atoms with Gasteiger partial charge in [-0.15, -0.1) is 0 Å². The summed E-state index contributed by atoms with van der Waals surface area (Å²) in [6.07, 6.45) is 0. The van der Waals surface area contributed by atoms with Crippen LogP contribution in [0.1, 0.15) is 25.0 Å².